The predicted molar refractivity (Wildman–Crippen MR) is 66.4 cm³/mol. The first-order valence-corrected chi connectivity index (χ1v) is 5.46. The van der Waals surface area contributed by atoms with Crippen LogP contribution in [0.25, 0.3) is 11.3 Å². The van der Waals surface area contributed by atoms with E-state index in [4.69, 9.17) is 0 Å². The molecule has 0 amide bonds. The van der Waals surface area contributed by atoms with Crippen LogP contribution in [0.1, 0.15) is 22.5 Å². The van der Waals surface area contributed by atoms with Crippen LogP contribution in [0.5, 0.6) is 0 Å². The number of aromatic nitrogens is 2. The fraction of sp³-hybridized carbons (Fsp3) is 0.286. The minimum atomic E-state index is 0.959. The highest BCUT2D eigenvalue weighted by atomic mass is 14.8. The maximum absolute atomic E-state index is 4.57. The van der Waals surface area contributed by atoms with Crippen molar-refractivity contribution in [3.05, 3.63) is 46.9 Å². The highest BCUT2D eigenvalue weighted by Crippen LogP contribution is 2.24. The summed E-state index contributed by atoms with van der Waals surface area (Å²) in [6.45, 7) is 8.19. The van der Waals surface area contributed by atoms with E-state index in [1.807, 2.05) is 20.0 Å². The number of hydrogen-bond donors (Lipinski definition) is 0. The summed E-state index contributed by atoms with van der Waals surface area (Å²) in [6.07, 6.45) is 1.81. The second kappa shape index (κ2) is 4.05. The zero-order chi connectivity index (χ0) is 11.7. The number of benzene rings is 1. The van der Waals surface area contributed by atoms with Crippen molar-refractivity contribution in [2.24, 2.45) is 0 Å². The van der Waals surface area contributed by atoms with E-state index in [9.17, 15) is 0 Å². The molecule has 0 fully saturated rings. The van der Waals surface area contributed by atoms with Crippen LogP contribution >= 0.6 is 0 Å². The number of nitrogens with zero attached hydrogens (tertiary/aromatic N) is 2. The van der Waals surface area contributed by atoms with Crippen LogP contribution in [0.15, 0.2) is 24.4 Å². The van der Waals surface area contributed by atoms with Crippen LogP contribution in [-0.2, 0) is 0 Å². The molecule has 0 aliphatic rings. The lowest BCUT2D eigenvalue weighted by Gasteiger charge is -2.09. The molecule has 0 saturated carbocycles. The normalized spacial score (nSPS) is 10.5. The fourth-order valence-corrected chi connectivity index (χ4v) is 1.87. The maximum atomic E-state index is 4.57. The van der Waals surface area contributed by atoms with E-state index < -0.39 is 0 Å². The van der Waals surface area contributed by atoms with Crippen molar-refractivity contribution in [3.8, 4) is 11.3 Å². The van der Waals surface area contributed by atoms with Gasteiger partial charge in [-0.1, -0.05) is 23.8 Å². The summed E-state index contributed by atoms with van der Waals surface area (Å²) in [6, 6.07) is 6.42. The third kappa shape index (κ3) is 1.96. The molecule has 1 heterocycles. The Morgan fingerprint density at radius 1 is 1.00 bits per heavy atom. The number of aryl methyl sites for hydroxylation is 4. The average molecular weight is 212 g/mol. The fourth-order valence-electron chi connectivity index (χ4n) is 1.87. The molecule has 0 spiro atoms. The Bertz CT molecular complexity index is 530. The topological polar surface area (TPSA) is 25.8 Å². The minimum Gasteiger partial charge on any atom is -0.257 e. The van der Waals surface area contributed by atoms with Crippen LogP contribution in [0, 0.1) is 27.7 Å². The lowest BCUT2D eigenvalue weighted by atomic mass is 10.0. The minimum absolute atomic E-state index is 0.959. The van der Waals surface area contributed by atoms with Crippen molar-refractivity contribution in [2.75, 3.05) is 0 Å². The number of rotatable bonds is 1. The van der Waals surface area contributed by atoms with Gasteiger partial charge in [0.2, 0.25) is 0 Å². The van der Waals surface area contributed by atoms with Gasteiger partial charge < -0.3 is 0 Å². The molecule has 2 heteroatoms. The molecule has 0 radical (unpaired) electrons. The van der Waals surface area contributed by atoms with Gasteiger partial charge in [0, 0.05) is 11.8 Å². The highest BCUT2D eigenvalue weighted by Gasteiger charge is 2.07. The Morgan fingerprint density at radius 2 is 1.75 bits per heavy atom. The van der Waals surface area contributed by atoms with Gasteiger partial charge in [0.05, 0.1) is 17.1 Å². The van der Waals surface area contributed by atoms with Gasteiger partial charge in [0.25, 0.3) is 0 Å². The molecule has 0 aliphatic heterocycles. The first kappa shape index (κ1) is 10.8. The summed E-state index contributed by atoms with van der Waals surface area (Å²) in [4.78, 5) is 8.93. The van der Waals surface area contributed by atoms with E-state index in [0.717, 1.165) is 17.1 Å². The summed E-state index contributed by atoms with van der Waals surface area (Å²) < 4.78 is 0. The van der Waals surface area contributed by atoms with Crippen molar-refractivity contribution in [1.82, 2.24) is 9.97 Å². The van der Waals surface area contributed by atoms with Crippen molar-refractivity contribution in [2.45, 2.75) is 27.7 Å². The van der Waals surface area contributed by atoms with Crippen LogP contribution < -0.4 is 0 Å². The Labute approximate surface area is 96.4 Å². The predicted octanol–water partition coefficient (Wildman–Crippen LogP) is 3.38. The average Bonchev–Trinajstić information content (AvgIpc) is 2.22. The molecule has 82 valence electrons. The molecule has 0 N–H and O–H groups in total. The van der Waals surface area contributed by atoms with E-state index in [2.05, 4.69) is 42.0 Å². The van der Waals surface area contributed by atoms with Crippen molar-refractivity contribution >= 4 is 0 Å². The van der Waals surface area contributed by atoms with Gasteiger partial charge in [0.15, 0.2) is 0 Å². The zero-order valence-corrected chi connectivity index (χ0v) is 10.2. The third-order valence-electron chi connectivity index (χ3n) is 2.71. The van der Waals surface area contributed by atoms with Crippen LogP contribution in [-0.4, -0.2) is 9.97 Å². The van der Waals surface area contributed by atoms with E-state index in [1.165, 1.54) is 16.7 Å². The first-order valence-electron chi connectivity index (χ1n) is 5.46. The molecule has 2 rings (SSSR count). The van der Waals surface area contributed by atoms with Crippen molar-refractivity contribution in [3.63, 3.8) is 0 Å². The van der Waals surface area contributed by atoms with E-state index in [-0.39, 0.29) is 0 Å². The van der Waals surface area contributed by atoms with Crippen LogP contribution in [0.3, 0.4) is 0 Å². The lowest BCUT2D eigenvalue weighted by Crippen LogP contribution is -1.96. The summed E-state index contributed by atoms with van der Waals surface area (Å²) in [7, 11) is 0. The Balaban J connectivity index is 2.62. The SMILES string of the molecule is Cc1ccc(-c2nc(C)cnc2C)c(C)c1. The third-order valence-corrected chi connectivity index (χ3v) is 2.71. The monoisotopic (exact) mass is 212 g/mol. The molecular formula is C14H16N2. The standard InChI is InChI=1S/C14H16N2/c1-9-5-6-13(10(2)7-9)14-12(4)15-8-11(3)16-14/h5-8H,1-4H3. The van der Waals surface area contributed by atoms with E-state index in [1.54, 1.807) is 0 Å². The first-order chi connectivity index (χ1) is 7.58. The molecule has 2 nitrogen and oxygen atoms in total. The highest BCUT2D eigenvalue weighted by molar-refractivity contribution is 5.65. The summed E-state index contributed by atoms with van der Waals surface area (Å²) >= 11 is 0. The van der Waals surface area contributed by atoms with Gasteiger partial charge in [-0.15, -0.1) is 0 Å². The van der Waals surface area contributed by atoms with Gasteiger partial charge in [-0.2, -0.15) is 0 Å². The largest absolute Gasteiger partial charge is 0.257 e. The Kier molecular flexibility index (Phi) is 2.73. The lowest BCUT2D eigenvalue weighted by molar-refractivity contribution is 1.07. The van der Waals surface area contributed by atoms with E-state index >= 15 is 0 Å². The molecule has 0 bridgehead atoms. The molecule has 1 aromatic carbocycles. The molecule has 0 aliphatic carbocycles. The molecule has 0 unspecified atom stereocenters. The molecule has 16 heavy (non-hydrogen) atoms. The smallest absolute Gasteiger partial charge is 0.0920 e. The van der Waals surface area contributed by atoms with Gasteiger partial charge in [-0.25, -0.2) is 4.98 Å². The van der Waals surface area contributed by atoms with Gasteiger partial charge in [-0.3, -0.25) is 4.98 Å². The molecule has 0 saturated heterocycles. The molecular weight excluding hydrogens is 196 g/mol. The van der Waals surface area contributed by atoms with Gasteiger partial charge >= 0.3 is 0 Å². The Hall–Kier alpha value is -1.70. The van der Waals surface area contributed by atoms with Crippen LogP contribution in [0.2, 0.25) is 0 Å². The summed E-state index contributed by atoms with van der Waals surface area (Å²) in [5.74, 6) is 0. The second-order valence-corrected chi connectivity index (χ2v) is 4.26. The van der Waals surface area contributed by atoms with Gasteiger partial charge in [-0.05, 0) is 33.3 Å². The van der Waals surface area contributed by atoms with Crippen LogP contribution in [0.4, 0.5) is 0 Å². The van der Waals surface area contributed by atoms with Gasteiger partial charge in [0.1, 0.15) is 0 Å². The Morgan fingerprint density at radius 3 is 2.44 bits per heavy atom. The second-order valence-electron chi connectivity index (χ2n) is 4.26. The number of hydrogen-bond acceptors (Lipinski definition) is 2. The molecule has 1 aromatic heterocycles. The summed E-state index contributed by atoms with van der Waals surface area (Å²) in [5.41, 5.74) is 6.65. The molecule has 2 aromatic rings. The van der Waals surface area contributed by atoms with E-state index in [0.29, 0.717) is 0 Å². The molecule has 0 atom stereocenters. The summed E-state index contributed by atoms with van der Waals surface area (Å²) in [5, 5.41) is 0. The zero-order valence-electron chi connectivity index (χ0n) is 10.2. The maximum Gasteiger partial charge on any atom is 0.0920 e. The quantitative estimate of drug-likeness (QED) is 0.724. The van der Waals surface area contributed by atoms with Crippen molar-refractivity contribution in [1.29, 1.82) is 0 Å². The van der Waals surface area contributed by atoms with Crippen molar-refractivity contribution < 1.29 is 0 Å².